The molecule has 2 aliphatic carbocycles. The van der Waals surface area contributed by atoms with Crippen molar-refractivity contribution >= 4 is 39.1 Å². The third-order valence-corrected chi connectivity index (χ3v) is 14.2. The molecule has 3 aromatic rings. The van der Waals surface area contributed by atoms with Gasteiger partial charge in [0.1, 0.15) is 12.1 Å². The molecule has 3 amide bonds. The van der Waals surface area contributed by atoms with Gasteiger partial charge in [-0.3, -0.25) is 19.3 Å². The number of rotatable bonds is 8. The molecule has 0 bridgehead atoms. The number of carbonyl (C=O) groups is 3. The normalized spacial score (nSPS) is 30.0. The molecule has 11 heteroatoms. The molecule has 4 heterocycles. The maximum absolute atomic E-state index is 14.7. The fraction of sp³-hybridized carbons (Fsp3) is 0.585. The van der Waals surface area contributed by atoms with Crippen LogP contribution in [-0.2, 0) is 16.0 Å². The lowest BCUT2D eigenvalue weighted by molar-refractivity contribution is -0.209. The van der Waals surface area contributed by atoms with E-state index in [4.69, 9.17) is 0 Å². The summed E-state index contributed by atoms with van der Waals surface area (Å²) in [5.41, 5.74) is 2.26. The summed E-state index contributed by atoms with van der Waals surface area (Å²) >= 11 is 1.40. The van der Waals surface area contributed by atoms with E-state index in [0.717, 1.165) is 35.8 Å². The summed E-state index contributed by atoms with van der Waals surface area (Å²) in [4.78, 5) is 49.9. The average molecular weight is 735 g/mol. The van der Waals surface area contributed by atoms with Crippen molar-refractivity contribution in [2.24, 2.45) is 5.92 Å². The largest absolute Gasteiger partial charge is 0.391 e. The van der Waals surface area contributed by atoms with Crippen LogP contribution in [0, 0.1) is 5.92 Å². The quantitative estimate of drug-likeness (QED) is 0.258. The maximum atomic E-state index is 14.7. The first-order valence-electron chi connectivity index (χ1n) is 19.3. The lowest BCUT2D eigenvalue weighted by Crippen LogP contribution is -2.60. The number of nitrogens with zero attached hydrogens (tertiary/aromatic N) is 3. The van der Waals surface area contributed by atoms with E-state index in [1.54, 1.807) is 4.90 Å². The van der Waals surface area contributed by atoms with Crippen LogP contribution in [0.3, 0.4) is 0 Å². The Bertz CT molecular complexity index is 1820. The Morgan fingerprint density at radius 1 is 0.962 bits per heavy atom. The van der Waals surface area contributed by atoms with Crippen molar-refractivity contribution in [3.05, 3.63) is 70.6 Å². The maximum Gasteiger partial charge on any atom is 0.391 e. The summed E-state index contributed by atoms with van der Waals surface area (Å²) in [6, 6.07) is 16.5. The highest BCUT2D eigenvalue weighted by Crippen LogP contribution is 2.55. The van der Waals surface area contributed by atoms with E-state index in [1.807, 2.05) is 37.3 Å². The van der Waals surface area contributed by atoms with Crippen LogP contribution in [0.1, 0.15) is 105 Å². The Morgan fingerprint density at radius 3 is 2.42 bits per heavy atom. The molecule has 7 nitrogen and oxygen atoms in total. The number of amides is 3. The average Bonchev–Trinajstić information content (AvgIpc) is 3.40. The van der Waals surface area contributed by atoms with Crippen molar-refractivity contribution in [2.45, 2.75) is 132 Å². The number of halogens is 3. The van der Waals surface area contributed by atoms with Gasteiger partial charge in [0.15, 0.2) is 0 Å². The number of hydrogen-bond donors (Lipinski definition) is 1. The van der Waals surface area contributed by atoms with E-state index in [-0.39, 0.29) is 60.1 Å². The van der Waals surface area contributed by atoms with Gasteiger partial charge in [0.25, 0.3) is 5.91 Å². The Hall–Kier alpha value is -3.44. The van der Waals surface area contributed by atoms with E-state index in [9.17, 15) is 27.6 Å². The number of benzene rings is 2. The van der Waals surface area contributed by atoms with Crippen LogP contribution in [0.2, 0.25) is 0 Å². The first-order chi connectivity index (χ1) is 25.0. The number of likely N-dealkylation sites (tertiary alicyclic amines) is 1. The van der Waals surface area contributed by atoms with Gasteiger partial charge < -0.3 is 15.1 Å². The summed E-state index contributed by atoms with van der Waals surface area (Å²) in [6.45, 7) is 5.33. The molecule has 0 radical (unpaired) electrons. The van der Waals surface area contributed by atoms with Gasteiger partial charge in [-0.25, -0.2) is 0 Å². The standard InChI is InChI=1S/C41H49F3N4O3S/c1-3-25-10-15-35-27(18-25)19-36(52-35)37(49)45-33-13-11-30(46(4-2)32-20-29(21-32)41(42,43)44)22-31-12-14-34(48(31)38(33)50)39(51)47-24-28(23-40(47)16-17-40)26-8-6-5-7-9-26/h5-10,15,18-19,28-34H,3-4,11-14,16-17,20-24H2,1-2H3,(H,45,49)/t28-,29?,30+,31-,32?,33+,34+/m1/s1. The summed E-state index contributed by atoms with van der Waals surface area (Å²) in [6.07, 6.45) is 2.51. The van der Waals surface area contributed by atoms with Gasteiger partial charge in [-0.1, -0.05) is 56.3 Å². The van der Waals surface area contributed by atoms with E-state index in [1.165, 1.54) is 22.5 Å². The van der Waals surface area contributed by atoms with E-state index >= 15 is 0 Å². The molecule has 1 spiro atoms. The number of nitrogens with one attached hydrogen (secondary N) is 1. The first kappa shape index (κ1) is 35.6. The molecule has 2 aromatic carbocycles. The molecule has 2 saturated carbocycles. The Balaban J connectivity index is 1.06. The molecule has 8 rings (SSSR count). The van der Waals surface area contributed by atoms with Crippen molar-refractivity contribution in [3.63, 3.8) is 0 Å². The van der Waals surface area contributed by atoms with Crippen LogP contribution in [0.4, 0.5) is 13.2 Å². The molecule has 3 aliphatic heterocycles. The second-order valence-electron chi connectivity index (χ2n) is 16.0. The minimum Gasteiger partial charge on any atom is -0.340 e. The lowest BCUT2D eigenvalue weighted by atomic mass is 9.77. The lowest BCUT2D eigenvalue weighted by Gasteiger charge is -2.48. The number of carbonyl (C=O) groups excluding carboxylic acids is 3. The highest BCUT2D eigenvalue weighted by atomic mass is 32.1. The van der Waals surface area contributed by atoms with Gasteiger partial charge in [0.2, 0.25) is 11.8 Å². The minimum absolute atomic E-state index is 0.00424. The predicted molar refractivity (Wildman–Crippen MR) is 196 cm³/mol. The molecule has 52 heavy (non-hydrogen) atoms. The SMILES string of the molecule is CCc1ccc2sc(C(=O)N[C@H]3CC[C@H](N(CC)C4CC(C(F)(F)F)C4)C[C@H]4CC[C@@H](C(=O)N5C[C@H](c6ccccc6)CC56CC6)N4C3=O)cc2c1. The molecule has 278 valence electrons. The molecule has 1 N–H and O–H groups in total. The fourth-order valence-corrected chi connectivity index (χ4v) is 10.9. The van der Waals surface area contributed by atoms with Crippen molar-refractivity contribution < 1.29 is 27.6 Å². The smallest absolute Gasteiger partial charge is 0.340 e. The summed E-state index contributed by atoms with van der Waals surface area (Å²) in [5, 5.41) is 4.08. The zero-order valence-electron chi connectivity index (χ0n) is 30.0. The first-order valence-corrected chi connectivity index (χ1v) is 20.1. The number of alkyl halides is 3. The van der Waals surface area contributed by atoms with Crippen molar-refractivity contribution in [1.29, 1.82) is 0 Å². The van der Waals surface area contributed by atoms with Gasteiger partial charge in [0.05, 0.1) is 10.8 Å². The Morgan fingerprint density at radius 2 is 1.73 bits per heavy atom. The predicted octanol–water partition coefficient (Wildman–Crippen LogP) is 7.69. The zero-order valence-corrected chi connectivity index (χ0v) is 30.9. The molecule has 0 unspecified atom stereocenters. The minimum atomic E-state index is -4.19. The highest BCUT2D eigenvalue weighted by molar-refractivity contribution is 7.20. The third kappa shape index (κ3) is 6.54. The van der Waals surface area contributed by atoms with E-state index in [2.05, 4.69) is 46.3 Å². The Labute approximate surface area is 307 Å². The van der Waals surface area contributed by atoms with Gasteiger partial charge in [-0.15, -0.1) is 11.3 Å². The van der Waals surface area contributed by atoms with Crippen molar-refractivity contribution in [2.75, 3.05) is 13.1 Å². The number of thiophene rings is 1. The van der Waals surface area contributed by atoms with Crippen LogP contribution in [0.25, 0.3) is 10.1 Å². The molecule has 5 fully saturated rings. The molecule has 1 aromatic heterocycles. The number of hydrogen-bond acceptors (Lipinski definition) is 5. The van der Waals surface area contributed by atoms with Crippen molar-refractivity contribution in [1.82, 2.24) is 20.0 Å². The van der Waals surface area contributed by atoms with Crippen molar-refractivity contribution in [3.8, 4) is 0 Å². The molecule has 3 saturated heterocycles. The van der Waals surface area contributed by atoms with Gasteiger partial charge in [0, 0.05) is 40.8 Å². The van der Waals surface area contributed by atoms with E-state index < -0.39 is 24.2 Å². The third-order valence-electron chi connectivity index (χ3n) is 13.0. The van der Waals surface area contributed by atoms with Gasteiger partial charge >= 0.3 is 6.18 Å². The van der Waals surface area contributed by atoms with Crippen LogP contribution < -0.4 is 5.32 Å². The van der Waals surface area contributed by atoms with E-state index in [0.29, 0.717) is 50.1 Å². The highest BCUT2D eigenvalue weighted by Gasteiger charge is 2.59. The summed E-state index contributed by atoms with van der Waals surface area (Å²) in [7, 11) is 0. The van der Waals surface area contributed by atoms with Crippen LogP contribution in [0.5, 0.6) is 0 Å². The van der Waals surface area contributed by atoms with Crippen LogP contribution in [0.15, 0.2) is 54.6 Å². The number of aryl methyl sites for hydroxylation is 1. The fourth-order valence-electron chi connectivity index (χ4n) is 9.93. The second-order valence-corrected chi connectivity index (χ2v) is 17.1. The van der Waals surface area contributed by atoms with Gasteiger partial charge in [-0.2, -0.15) is 13.2 Å². The Kier molecular flexibility index (Phi) is 9.42. The monoisotopic (exact) mass is 734 g/mol. The molecule has 5 aliphatic rings. The van der Waals surface area contributed by atoms with Crippen LogP contribution >= 0.6 is 11.3 Å². The molecule has 5 atom stereocenters. The second kappa shape index (κ2) is 13.8. The summed E-state index contributed by atoms with van der Waals surface area (Å²) < 4.78 is 41.6. The number of fused-ring (bicyclic) bond motifs is 2. The molecular weight excluding hydrogens is 686 g/mol. The van der Waals surface area contributed by atoms with Crippen LogP contribution in [-0.4, -0.2) is 87.4 Å². The van der Waals surface area contributed by atoms with Gasteiger partial charge in [-0.05, 0) is 106 Å². The zero-order chi connectivity index (χ0) is 36.4. The summed E-state index contributed by atoms with van der Waals surface area (Å²) in [5.74, 6) is -1.54. The topological polar surface area (TPSA) is 73.0 Å². The molecular formula is C41H49F3N4O3S.